The van der Waals surface area contributed by atoms with Crippen molar-refractivity contribution in [1.29, 1.82) is 0 Å². The molecule has 0 bridgehead atoms. The van der Waals surface area contributed by atoms with E-state index in [0.717, 1.165) is 5.56 Å². The number of nitrogens with two attached hydrogens (primary N) is 1. The second-order valence-corrected chi connectivity index (χ2v) is 3.40. The first-order valence-electron chi connectivity index (χ1n) is 4.59. The molecule has 0 aliphatic carbocycles. The Bertz CT molecular complexity index is 468. The summed E-state index contributed by atoms with van der Waals surface area (Å²) in [4.78, 5) is 9.97. The van der Waals surface area contributed by atoms with E-state index >= 15 is 0 Å². The lowest BCUT2D eigenvalue weighted by Crippen LogP contribution is -2.23. The van der Waals surface area contributed by atoms with E-state index < -0.39 is 4.92 Å². The highest BCUT2D eigenvalue weighted by molar-refractivity contribution is 7.80. The van der Waals surface area contributed by atoms with Gasteiger partial charge in [-0.25, -0.2) is 0 Å². The SMILES string of the molecule is NC(=S)N/N=C/C=C/c1ccc([N+](=O)[O-])cc1. The summed E-state index contributed by atoms with van der Waals surface area (Å²) in [7, 11) is 0. The third kappa shape index (κ3) is 4.85. The molecule has 1 aromatic rings. The van der Waals surface area contributed by atoms with Crippen LogP contribution in [0.3, 0.4) is 0 Å². The molecule has 0 amide bonds. The zero-order valence-corrected chi connectivity index (χ0v) is 9.55. The van der Waals surface area contributed by atoms with Gasteiger partial charge in [0, 0.05) is 18.3 Å². The summed E-state index contributed by atoms with van der Waals surface area (Å²) in [6, 6.07) is 6.15. The van der Waals surface area contributed by atoms with Crippen molar-refractivity contribution in [2.75, 3.05) is 0 Å². The molecule has 0 unspecified atom stereocenters. The van der Waals surface area contributed by atoms with Crippen LogP contribution in [-0.4, -0.2) is 16.3 Å². The average molecular weight is 250 g/mol. The first-order valence-corrected chi connectivity index (χ1v) is 5.00. The lowest BCUT2D eigenvalue weighted by molar-refractivity contribution is -0.384. The monoisotopic (exact) mass is 250 g/mol. The molecular formula is C10H10N4O2S. The van der Waals surface area contributed by atoms with Crippen LogP contribution in [0.15, 0.2) is 35.4 Å². The van der Waals surface area contributed by atoms with Gasteiger partial charge >= 0.3 is 0 Å². The molecule has 0 spiro atoms. The minimum Gasteiger partial charge on any atom is -0.375 e. The van der Waals surface area contributed by atoms with Crippen LogP contribution >= 0.6 is 12.2 Å². The molecule has 0 radical (unpaired) electrons. The molecule has 0 atom stereocenters. The summed E-state index contributed by atoms with van der Waals surface area (Å²) in [5.41, 5.74) is 8.44. The van der Waals surface area contributed by atoms with E-state index in [1.54, 1.807) is 24.3 Å². The maximum absolute atomic E-state index is 10.4. The lowest BCUT2D eigenvalue weighted by atomic mass is 10.2. The number of hydrazone groups is 1. The molecule has 0 saturated heterocycles. The van der Waals surface area contributed by atoms with Crippen molar-refractivity contribution in [1.82, 2.24) is 5.43 Å². The van der Waals surface area contributed by atoms with E-state index in [-0.39, 0.29) is 10.8 Å². The number of nitro groups is 1. The minimum atomic E-state index is -0.443. The number of hydrogen-bond donors (Lipinski definition) is 2. The molecule has 0 heterocycles. The summed E-state index contributed by atoms with van der Waals surface area (Å²) < 4.78 is 0. The molecule has 0 fully saturated rings. The van der Waals surface area contributed by atoms with Crippen LogP contribution in [0.5, 0.6) is 0 Å². The van der Waals surface area contributed by atoms with Crippen molar-refractivity contribution < 1.29 is 4.92 Å². The quantitative estimate of drug-likeness (QED) is 0.365. The van der Waals surface area contributed by atoms with Gasteiger partial charge in [-0.05, 0) is 36.0 Å². The summed E-state index contributed by atoms with van der Waals surface area (Å²) in [6.45, 7) is 0. The molecule has 1 rings (SSSR count). The number of nitrogens with zero attached hydrogens (tertiary/aromatic N) is 2. The second-order valence-electron chi connectivity index (χ2n) is 2.96. The number of nitrogens with one attached hydrogen (secondary N) is 1. The first kappa shape index (κ1) is 12.8. The Hall–Kier alpha value is -2.28. The summed E-state index contributed by atoms with van der Waals surface area (Å²) in [5, 5.41) is 14.2. The largest absolute Gasteiger partial charge is 0.375 e. The van der Waals surface area contributed by atoms with Crippen LogP contribution in [0.25, 0.3) is 6.08 Å². The number of non-ortho nitro benzene ring substituents is 1. The highest BCUT2D eigenvalue weighted by Crippen LogP contribution is 2.12. The fourth-order valence-corrected chi connectivity index (χ4v) is 1.06. The van der Waals surface area contributed by atoms with E-state index in [0.29, 0.717) is 0 Å². The van der Waals surface area contributed by atoms with Crippen molar-refractivity contribution in [3.05, 3.63) is 46.0 Å². The molecule has 17 heavy (non-hydrogen) atoms. The lowest BCUT2D eigenvalue weighted by Gasteiger charge is -1.93. The maximum Gasteiger partial charge on any atom is 0.269 e. The standard InChI is InChI=1S/C10H10N4O2S/c11-10(17)13-12-7-1-2-8-3-5-9(6-4-8)14(15)16/h1-7H,(H3,11,13,17)/b2-1+,12-7+. The van der Waals surface area contributed by atoms with Gasteiger partial charge in [-0.15, -0.1) is 0 Å². The normalized spacial score (nSPS) is 10.8. The number of nitro benzene ring substituents is 1. The van der Waals surface area contributed by atoms with Gasteiger partial charge in [-0.1, -0.05) is 6.08 Å². The predicted molar refractivity (Wildman–Crippen MR) is 70.5 cm³/mol. The molecule has 1 aromatic carbocycles. The van der Waals surface area contributed by atoms with Gasteiger partial charge in [0.2, 0.25) is 0 Å². The van der Waals surface area contributed by atoms with Crippen LogP contribution in [0.1, 0.15) is 5.56 Å². The van der Waals surface area contributed by atoms with Gasteiger partial charge in [-0.2, -0.15) is 5.10 Å². The van der Waals surface area contributed by atoms with Crippen LogP contribution < -0.4 is 11.2 Å². The third-order valence-corrected chi connectivity index (χ3v) is 1.82. The van der Waals surface area contributed by atoms with E-state index in [1.165, 1.54) is 18.3 Å². The molecule has 0 aromatic heterocycles. The summed E-state index contributed by atoms with van der Waals surface area (Å²) in [6.07, 6.45) is 4.88. The van der Waals surface area contributed by atoms with Crippen molar-refractivity contribution in [3.8, 4) is 0 Å². The smallest absolute Gasteiger partial charge is 0.269 e. The van der Waals surface area contributed by atoms with Crippen molar-refractivity contribution in [2.45, 2.75) is 0 Å². The Balaban J connectivity index is 2.57. The number of hydrogen-bond acceptors (Lipinski definition) is 4. The van der Waals surface area contributed by atoms with Gasteiger partial charge < -0.3 is 5.73 Å². The topological polar surface area (TPSA) is 93.5 Å². The molecule has 0 aliphatic rings. The van der Waals surface area contributed by atoms with Crippen LogP contribution in [0.2, 0.25) is 0 Å². The molecule has 88 valence electrons. The highest BCUT2D eigenvalue weighted by atomic mass is 32.1. The highest BCUT2D eigenvalue weighted by Gasteiger charge is 2.01. The zero-order chi connectivity index (χ0) is 12.7. The molecule has 0 saturated carbocycles. The molecule has 3 N–H and O–H groups in total. The van der Waals surface area contributed by atoms with Gasteiger partial charge in [0.15, 0.2) is 5.11 Å². The van der Waals surface area contributed by atoms with E-state index in [9.17, 15) is 10.1 Å². The predicted octanol–water partition coefficient (Wildman–Crippen LogP) is 1.43. The second kappa shape index (κ2) is 6.33. The van der Waals surface area contributed by atoms with Gasteiger partial charge in [0.1, 0.15) is 0 Å². The molecular weight excluding hydrogens is 240 g/mol. The van der Waals surface area contributed by atoms with Crippen molar-refractivity contribution in [3.63, 3.8) is 0 Å². The Morgan fingerprint density at radius 3 is 2.65 bits per heavy atom. The fraction of sp³-hybridized carbons (Fsp3) is 0. The van der Waals surface area contributed by atoms with Crippen molar-refractivity contribution in [2.24, 2.45) is 10.8 Å². The Kier molecular flexibility index (Phi) is 4.77. The summed E-state index contributed by atoms with van der Waals surface area (Å²) in [5.74, 6) is 0. The number of thiocarbonyl (C=S) groups is 1. The van der Waals surface area contributed by atoms with Crippen LogP contribution in [0, 0.1) is 10.1 Å². The Labute approximate surface area is 103 Å². The number of rotatable bonds is 4. The number of allylic oxidation sites excluding steroid dienone is 1. The van der Waals surface area contributed by atoms with Gasteiger partial charge in [-0.3, -0.25) is 15.5 Å². The first-order chi connectivity index (χ1) is 8.09. The van der Waals surface area contributed by atoms with E-state index in [4.69, 9.17) is 5.73 Å². The zero-order valence-electron chi connectivity index (χ0n) is 8.74. The molecule has 7 heteroatoms. The van der Waals surface area contributed by atoms with Gasteiger partial charge in [0.05, 0.1) is 4.92 Å². The average Bonchev–Trinajstić information content (AvgIpc) is 2.29. The third-order valence-electron chi connectivity index (χ3n) is 1.73. The fourth-order valence-electron chi connectivity index (χ4n) is 1.01. The van der Waals surface area contributed by atoms with E-state index in [2.05, 4.69) is 22.7 Å². The maximum atomic E-state index is 10.4. The minimum absolute atomic E-state index is 0.0611. The van der Waals surface area contributed by atoms with Crippen LogP contribution in [0.4, 0.5) is 5.69 Å². The summed E-state index contributed by atoms with van der Waals surface area (Å²) >= 11 is 4.54. The van der Waals surface area contributed by atoms with Crippen molar-refractivity contribution >= 4 is 35.3 Å². The van der Waals surface area contributed by atoms with Gasteiger partial charge in [0.25, 0.3) is 5.69 Å². The molecule has 0 aliphatic heterocycles. The molecule has 6 nitrogen and oxygen atoms in total. The Morgan fingerprint density at radius 2 is 2.12 bits per heavy atom. The number of benzene rings is 1. The Morgan fingerprint density at radius 1 is 1.47 bits per heavy atom. The van der Waals surface area contributed by atoms with Crippen LogP contribution in [-0.2, 0) is 0 Å². The van der Waals surface area contributed by atoms with E-state index in [1.807, 2.05) is 0 Å².